The number of benzene rings is 2. The van der Waals surface area contributed by atoms with Gasteiger partial charge < -0.3 is 19.5 Å². The van der Waals surface area contributed by atoms with E-state index < -0.39 is 17.7 Å². The third kappa shape index (κ3) is 5.94. The van der Waals surface area contributed by atoms with Gasteiger partial charge in [-0.05, 0) is 60.6 Å². The van der Waals surface area contributed by atoms with Gasteiger partial charge in [0.2, 0.25) is 0 Å². The van der Waals surface area contributed by atoms with Gasteiger partial charge in [-0.25, -0.2) is 0 Å². The maximum atomic E-state index is 13.4. The summed E-state index contributed by atoms with van der Waals surface area (Å²) in [6, 6.07) is 12.8. The second-order valence-corrected chi connectivity index (χ2v) is 11.1. The van der Waals surface area contributed by atoms with Crippen LogP contribution in [0.3, 0.4) is 0 Å². The predicted octanol–water partition coefficient (Wildman–Crippen LogP) is 4.84. The van der Waals surface area contributed by atoms with Gasteiger partial charge in [-0.3, -0.25) is 14.5 Å². The van der Waals surface area contributed by atoms with Crippen LogP contribution in [0.2, 0.25) is 0 Å². The third-order valence-corrected chi connectivity index (χ3v) is 7.37. The Kier molecular flexibility index (Phi) is 8.58. The topological polar surface area (TPSA) is 79.3 Å². The zero-order chi connectivity index (χ0) is 27.4. The number of hydrogen-bond acceptors (Lipinski definition) is 6. The van der Waals surface area contributed by atoms with Crippen LogP contribution in [-0.2, 0) is 19.7 Å². The summed E-state index contributed by atoms with van der Waals surface area (Å²) in [7, 11) is 0. The summed E-state index contributed by atoms with van der Waals surface area (Å²) in [5.74, 6) is -0.669. The molecular weight excluding hydrogens is 480 g/mol. The number of aliphatic hydroxyl groups is 1. The number of rotatable bonds is 8. The van der Waals surface area contributed by atoms with Crippen molar-refractivity contribution >= 4 is 17.4 Å². The lowest BCUT2D eigenvalue weighted by atomic mass is 9.85. The van der Waals surface area contributed by atoms with Crippen LogP contribution >= 0.6 is 0 Å². The van der Waals surface area contributed by atoms with Gasteiger partial charge in [-0.15, -0.1) is 0 Å². The molecule has 0 aromatic heterocycles. The van der Waals surface area contributed by atoms with E-state index in [0.29, 0.717) is 37.7 Å². The van der Waals surface area contributed by atoms with Crippen LogP contribution in [0.5, 0.6) is 5.75 Å². The summed E-state index contributed by atoms with van der Waals surface area (Å²) in [5.41, 5.74) is 3.38. The number of Topliss-reactive ketones (excluding diaryl/α,β-unsaturated/α-hetero) is 1. The van der Waals surface area contributed by atoms with Gasteiger partial charge in [-0.1, -0.05) is 45.0 Å². The third-order valence-electron chi connectivity index (χ3n) is 7.37. The van der Waals surface area contributed by atoms with Crippen LogP contribution in [-0.4, -0.2) is 72.6 Å². The number of aliphatic hydroxyl groups excluding tert-OH is 1. The molecular formula is C31H40N2O5. The number of morpholine rings is 1. The number of hydrogen-bond donors (Lipinski definition) is 1. The molecule has 0 bridgehead atoms. The molecule has 4 rings (SSSR count). The quantitative estimate of drug-likeness (QED) is 0.305. The number of aryl methyl sites for hydroxylation is 1. The number of amides is 1. The Balaban J connectivity index is 1.71. The minimum absolute atomic E-state index is 0.0298. The molecule has 38 heavy (non-hydrogen) atoms. The van der Waals surface area contributed by atoms with Crippen LogP contribution < -0.4 is 4.74 Å². The zero-order valence-electron chi connectivity index (χ0n) is 23.3. The van der Waals surface area contributed by atoms with Crippen molar-refractivity contribution in [2.45, 2.75) is 52.5 Å². The van der Waals surface area contributed by atoms with Crippen molar-refractivity contribution in [3.8, 4) is 5.75 Å². The van der Waals surface area contributed by atoms with Crippen LogP contribution in [0, 0.1) is 6.92 Å². The lowest BCUT2D eigenvalue weighted by Crippen LogP contribution is -2.39. The maximum absolute atomic E-state index is 13.4. The highest BCUT2D eigenvalue weighted by molar-refractivity contribution is 6.46. The SMILES string of the molecule is CCOc1ccc(/C(O)=C2/C(=O)C(=O)N(CCCN3CCOCC3)C2c2ccc(C(C)(C)C)cc2)c(C)c1. The molecule has 2 heterocycles. The molecule has 7 nitrogen and oxygen atoms in total. The number of carbonyl (C=O) groups is 2. The van der Waals surface area contributed by atoms with Crippen molar-refractivity contribution in [3.05, 3.63) is 70.3 Å². The molecule has 1 amide bonds. The highest BCUT2D eigenvalue weighted by Gasteiger charge is 2.46. The predicted molar refractivity (Wildman–Crippen MR) is 148 cm³/mol. The van der Waals surface area contributed by atoms with Gasteiger partial charge in [0.15, 0.2) is 0 Å². The Morgan fingerprint density at radius 2 is 1.74 bits per heavy atom. The second-order valence-electron chi connectivity index (χ2n) is 11.1. The van der Waals surface area contributed by atoms with Gasteiger partial charge in [-0.2, -0.15) is 0 Å². The summed E-state index contributed by atoms with van der Waals surface area (Å²) in [6.07, 6.45) is 0.728. The Labute approximate surface area is 226 Å². The number of carbonyl (C=O) groups excluding carboxylic acids is 2. The Bertz CT molecular complexity index is 1190. The highest BCUT2D eigenvalue weighted by Crippen LogP contribution is 2.40. The molecule has 7 heteroatoms. The fourth-order valence-electron chi connectivity index (χ4n) is 5.22. The lowest BCUT2D eigenvalue weighted by molar-refractivity contribution is -0.140. The van der Waals surface area contributed by atoms with E-state index in [1.807, 2.05) is 44.2 Å². The number of likely N-dealkylation sites (tertiary alicyclic amines) is 1. The summed E-state index contributed by atoms with van der Waals surface area (Å²) >= 11 is 0. The number of nitrogens with zero attached hydrogens (tertiary/aromatic N) is 2. The number of ether oxygens (including phenoxy) is 2. The van der Waals surface area contributed by atoms with E-state index in [1.165, 1.54) is 0 Å². The summed E-state index contributed by atoms with van der Waals surface area (Å²) in [6.45, 7) is 15.2. The minimum Gasteiger partial charge on any atom is -0.507 e. The maximum Gasteiger partial charge on any atom is 0.295 e. The first-order chi connectivity index (χ1) is 18.1. The van der Waals surface area contributed by atoms with E-state index in [-0.39, 0.29) is 16.7 Å². The van der Waals surface area contributed by atoms with Crippen LogP contribution in [0.25, 0.3) is 5.76 Å². The van der Waals surface area contributed by atoms with Gasteiger partial charge in [0.25, 0.3) is 11.7 Å². The minimum atomic E-state index is -0.653. The summed E-state index contributed by atoms with van der Waals surface area (Å²) in [5, 5.41) is 11.5. The fraction of sp³-hybridized carbons (Fsp3) is 0.484. The molecule has 2 fully saturated rings. The van der Waals surface area contributed by atoms with Gasteiger partial charge in [0, 0.05) is 31.7 Å². The Hall–Kier alpha value is -3.16. The van der Waals surface area contributed by atoms with E-state index in [0.717, 1.165) is 42.7 Å². The van der Waals surface area contributed by atoms with E-state index >= 15 is 0 Å². The number of ketones is 1. The zero-order valence-corrected chi connectivity index (χ0v) is 23.3. The molecule has 2 aromatic rings. The van der Waals surface area contributed by atoms with Crippen molar-refractivity contribution in [1.29, 1.82) is 0 Å². The average Bonchev–Trinajstić information content (AvgIpc) is 3.14. The fourth-order valence-corrected chi connectivity index (χ4v) is 5.22. The molecule has 2 aliphatic rings. The molecule has 1 atom stereocenters. The molecule has 204 valence electrons. The standard InChI is InChI=1S/C31H40N2O5/c1-6-38-24-12-13-25(21(2)20-24)28(34)26-27(22-8-10-23(11-9-22)31(3,4)5)33(30(36)29(26)35)15-7-14-32-16-18-37-19-17-32/h8-13,20,27,34H,6-7,14-19H2,1-5H3/b28-26-. The van der Waals surface area contributed by atoms with Crippen molar-refractivity contribution < 1.29 is 24.2 Å². The first-order valence-electron chi connectivity index (χ1n) is 13.5. The summed E-state index contributed by atoms with van der Waals surface area (Å²) < 4.78 is 11.0. The van der Waals surface area contributed by atoms with Crippen LogP contribution in [0.1, 0.15) is 62.4 Å². The lowest BCUT2D eigenvalue weighted by Gasteiger charge is -2.29. The Morgan fingerprint density at radius 1 is 1.05 bits per heavy atom. The normalized spacial score (nSPS) is 20.2. The average molecular weight is 521 g/mol. The van der Waals surface area contributed by atoms with Gasteiger partial charge >= 0.3 is 0 Å². The molecule has 2 saturated heterocycles. The molecule has 1 N–H and O–H groups in total. The first-order valence-corrected chi connectivity index (χ1v) is 13.5. The van der Waals surface area contributed by atoms with Crippen molar-refractivity contribution in [2.24, 2.45) is 0 Å². The highest BCUT2D eigenvalue weighted by atomic mass is 16.5. The molecule has 0 saturated carbocycles. The Morgan fingerprint density at radius 3 is 2.34 bits per heavy atom. The van der Waals surface area contributed by atoms with E-state index in [9.17, 15) is 14.7 Å². The first kappa shape index (κ1) is 27.9. The van der Waals surface area contributed by atoms with Crippen molar-refractivity contribution in [2.75, 3.05) is 46.0 Å². The largest absolute Gasteiger partial charge is 0.507 e. The van der Waals surface area contributed by atoms with Crippen LogP contribution in [0.15, 0.2) is 48.0 Å². The smallest absolute Gasteiger partial charge is 0.295 e. The van der Waals surface area contributed by atoms with E-state index in [4.69, 9.17) is 9.47 Å². The van der Waals surface area contributed by atoms with Crippen LogP contribution in [0.4, 0.5) is 0 Å². The molecule has 0 aliphatic carbocycles. The molecule has 0 radical (unpaired) electrons. The van der Waals surface area contributed by atoms with Gasteiger partial charge in [0.1, 0.15) is 11.5 Å². The second kappa shape index (κ2) is 11.7. The monoisotopic (exact) mass is 520 g/mol. The molecule has 0 spiro atoms. The molecule has 1 unspecified atom stereocenters. The van der Waals surface area contributed by atoms with E-state index in [1.54, 1.807) is 17.0 Å². The van der Waals surface area contributed by atoms with E-state index in [2.05, 4.69) is 25.7 Å². The summed E-state index contributed by atoms with van der Waals surface area (Å²) in [4.78, 5) is 30.7. The molecule has 2 aliphatic heterocycles. The van der Waals surface area contributed by atoms with Crippen molar-refractivity contribution in [1.82, 2.24) is 9.80 Å². The van der Waals surface area contributed by atoms with Gasteiger partial charge in [0.05, 0.1) is 31.4 Å². The molecule has 2 aromatic carbocycles. The van der Waals surface area contributed by atoms with Crippen molar-refractivity contribution in [3.63, 3.8) is 0 Å².